The number of aromatic amines is 1. The number of amides is 2. The van der Waals surface area contributed by atoms with Gasteiger partial charge in [0.1, 0.15) is 0 Å². The first kappa shape index (κ1) is 13.8. The van der Waals surface area contributed by atoms with E-state index in [1.54, 1.807) is 24.5 Å². The lowest BCUT2D eigenvalue weighted by Gasteiger charge is -2.06. The van der Waals surface area contributed by atoms with Gasteiger partial charge in [0.05, 0.1) is 6.20 Å². The number of aromatic nitrogens is 2. The smallest absolute Gasteiger partial charge is 0.251 e. The molecule has 0 aliphatic carbocycles. The largest absolute Gasteiger partial charge is 0.355 e. The van der Waals surface area contributed by atoms with E-state index in [4.69, 9.17) is 0 Å². The fourth-order valence-electron chi connectivity index (χ4n) is 1.77. The molecule has 0 fully saturated rings. The van der Waals surface area contributed by atoms with Gasteiger partial charge in [-0.25, -0.2) is 0 Å². The number of benzene rings is 1. The van der Waals surface area contributed by atoms with Gasteiger partial charge in [0.25, 0.3) is 5.91 Å². The molecule has 2 aromatic rings. The first-order valence-electron chi connectivity index (χ1n) is 6.28. The maximum atomic E-state index is 12.0. The van der Waals surface area contributed by atoms with Crippen LogP contribution in [0.3, 0.4) is 0 Å². The number of carbonyl (C=O) groups is 2. The van der Waals surface area contributed by atoms with Crippen LogP contribution < -0.4 is 10.6 Å². The molecule has 0 saturated heterocycles. The summed E-state index contributed by atoms with van der Waals surface area (Å²) in [6, 6.07) is 7.29. The molecule has 0 aliphatic heterocycles. The van der Waals surface area contributed by atoms with Gasteiger partial charge in [0, 0.05) is 37.3 Å². The monoisotopic (exact) mass is 272 g/mol. The molecule has 20 heavy (non-hydrogen) atoms. The van der Waals surface area contributed by atoms with Crippen LogP contribution in [0.4, 0.5) is 0 Å². The first-order valence-corrected chi connectivity index (χ1v) is 6.28. The van der Waals surface area contributed by atoms with Crippen molar-refractivity contribution >= 4 is 11.8 Å². The molecular weight excluding hydrogens is 256 g/mol. The van der Waals surface area contributed by atoms with E-state index in [9.17, 15) is 9.59 Å². The molecule has 0 radical (unpaired) electrons. The molecule has 1 aromatic heterocycles. The van der Waals surface area contributed by atoms with Gasteiger partial charge < -0.3 is 10.6 Å². The maximum Gasteiger partial charge on any atom is 0.251 e. The number of nitrogens with zero attached hydrogens (tertiary/aromatic N) is 1. The normalized spacial score (nSPS) is 10.1. The highest BCUT2D eigenvalue weighted by Crippen LogP contribution is 2.18. The minimum atomic E-state index is -0.166. The SMILES string of the molecule is CC(=O)NCCNC(=O)c1cccc(-c2cn[nH]c2)c1. The summed E-state index contributed by atoms with van der Waals surface area (Å²) in [5.74, 6) is -0.276. The summed E-state index contributed by atoms with van der Waals surface area (Å²) < 4.78 is 0. The van der Waals surface area contributed by atoms with Crippen molar-refractivity contribution in [1.29, 1.82) is 0 Å². The van der Waals surface area contributed by atoms with Crippen molar-refractivity contribution < 1.29 is 9.59 Å². The average Bonchev–Trinajstić information content (AvgIpc) is 2.97. The molecule has 6 heteroatoms. The average molecular weight is 272 g/mol. The maximum absolute atomic E-state index is 12.0. The molecule has 0 bridgehead atoms. The quantitative estimate of drug-likeness (QED) is 0.708. The molecule has 0 saturated carbocycles. The van der Waals surface area contributed by atoms with E-state index < -0.39 is 0 Å². The molecule has 3 N–H and O–H groups in total. The summed E-state index contributed by atoms with van der Waals surface area (Å²) >= 11 is 0. The topological polar surface area (TPSA) is 86.9 Å². The molecule has 0 unspecified atom stereocenters. The van der Waals surface area contributed by atoms with Gasteiger partial charge in [-0.1, -0.05) is 12.1 Å². The van der Waals surface area contributed by atoms with E-state index in [1.807, 2.05) is 12.1 Å². The Bertz CT molecular complexity index is 593. The van der Waals surface area contributed by atoms with Gasteiger partial charge in [0.15, 0.2) is 0 Å². The highest BCUT2D eigenvalue weighted by atomic mass is 16.2. The fraction of sp³-hybridized carbons (Fsp3) is 0.214. The minimum absolute atomic E-state index is 0.110. The second-order valence-electron chi connectivity index (χ2n) is 4.31. The molecule has 0 spiro atoms. The third-order valence-corrected chi connectivity index (χ3v) is 2.74. The van der Waals surface area contributed by atoms with E-state index in [1.165, 1.54) is 6.92 Å². The molecule has 104 valence electrons. The molecule has 1 heterocycles. The number of rotatable bonds is 5. The second-order valence-corrected chi connectivity index (χ2v) is 4.31. The van der Waals surface area contributed by atoms with Crippen molar-refractivity contribution in [3.05, 3.63) is 42.2 Å². The summed E-state index contributed by atoms with van der Waals surface area (Å²) in [7, 11) is 0. The Labute approximate surface area is 116 Å². The predicted molar refractivity (Wildman–Crippen MR) is 75.0 cm³/mol. The van der Waals surface area contributed by atoms with Crippen LogP contribution in [0.15, 0.2) is 36.7 Å². The molecule has 0 aliphatic rings. The van der Waals surface area contributed by atoms with E-state index in [0.29, 0.717) is 18.7 Å². The lowest BCUT2D eigenvalue weighted by atomic mass is 10.1. The van der Waals surface area contributed by atoms with Crippen LogP contribution >= 0.6 is 0 Å². The second kappa shape index (κ2) is 6.51. The van der Waals surface area contributed by atoms with Crippen LogP contribution in [0.2, 0.25) is 0 Å². The Morgan fingerprint density at radius 3 is 2.70 bits per heavy atom. The summed E-state index contributed by atoms with van der Waals surface area (Å²) in [6.07, 6.45) is 3.47. The van der Waals surface area contributed by atoms with Crippen LogP contribution in [0.5, 0.6) is 0 Å². The number of carbonyl (C=O) groups excluding carboxylic acids is 2. The van der Waals surface area contributed by atoms with Crippen LogP contribution in [0, 0.1) is 0 Å². The summed E-state index contributed by atoms with van der Waals surface area (Å²) in [5, 5.41) is 12.0. The van der Waals surface area contributed by atoms with Crippen LogP contribution in [0.1, 0.15) is 17.3 Å². The van der Waals surface area contributed by atoms with Crippen molar-refractivity contribution in [3.63, 3.8) is 0 Å². The molecule has 0 atom stereocenters. The van der Waals surface area contributed by atoms with Crippen molar-refractivity contribution in [3.8, 4) is 11.1 Å². The van der Waals surface area contributed by atoms with Crippen molar-refractivity contribution in [2.24, 2.45) is 0 Å². The van der Waals surface area contributed by atoms with Crippen molar-refractivity contribution in [1.82, 2.24) is 20.8 Å². The van der Waals surface area contributed by atoms with Gasteiger partial charge in [-0.3, -0.25) is 14.7 Å². The Morgan fingerprint density at radius 2 is 2.00 bits per heavy atom. The van der Waals surface area contributed by atoms with E-state index in [-0.39, 0.29) is 11.8 Å². The zero-order valence-corrected chi connectivity index (χ0v) is 11.1. The lowest BCUT2D eigenvalue weighted by molar-refractivity contribution is -0.118. The third kappa shape index (κ3) is 3.68. The van der Waals surface area contributed by atoms with Crippen molar-refractivity contribution in [2.45, 2.75) is 6.92 Å². The van der Waals surface area contributed by atoms with Crippen molar-refractivity contribution in [2.75, 3.05) is 13.1 Å². The molecule has 2 amide bonds. The lowest BCUT2D eigenvalue weighted by Crippen LogP contribution is -2.33. The number of hydrogen-bond donors (Lipinski definition) is 3. The molecule has 2 rings (SSSR count). The van der Waals surface area contributed by atoms with Gasteiger partial charge in [0.2, 0.25) is 5.91 Å². The third-order valence-electron chi connectivity index (χ3n) is 2.74. The van der Waals surface area contributed by atoms with E-state index in [0.717, 1.165) is 11.1 Å². The molecule has 1 aromatic carbocycles. The van der Waals surface area contributed by atoms with Gasteiger partial charge in [-0.2, -0.15) is 5.10 Å². The van der Waals surface area contributed by atoms with Gasteiger partial charge in [-0.05, 0) is 17.7 Å². The number of hydrogen-bond acceptors (Lipinski definition) is 3. The Kier molecular flexibility index (Phi) is 4.49. The first-order chi connectivity index (χ1) is 9.66. The Hall–Kier alpha value is -2.63. The molecular formula is C14H16N4O2. The number of nitrogens with one attached hydrogen (secondary N) is 3. The van der Waals surface area contributed by atoms with E-state index >= 15 is 0 Å². The zero-order valence-electron chi connectivity index (χ0n) is 11.1. The standard InChI is InChI=1S/C14H16N4O2/c1-10(19)15-5-6-16-14(20)12-4-2-3-11(7-12)13-8-17-18-9-13/h2-4,7-9H,5-6H2,1H3,(H,15,19)(H,16,20)(H,17,18). The van der Waals surface area contributed by atoms with Crippen LogP contribution in [0.25, 0.3) is 11.1 Å². The highest BCUT2D eigenvalue weighted by molar-refractivity contribution is 5.95. The highest BCUT2D eigenvalue weighted by Gasteiger charge is 2.07. The van der Waals surface area contributed by atoms with Crippen LogP contribution in [-0.2, 0) is 4.79 Å². The summed E-state index contributed by atoms with van der Waals surface area (Å²) in [4.78, 5) is 22.7. The summed E-state index contributed by atoms with van der Waals surface area (Å²) in [6.45, 7) is 2.26. The summed E-state index contributed by atoms with van der Waals surface area (Å²) in [5.41, 5.74) is 2.43. The van der Waals surface area contributed by atoms with Gasteiger partial charge in [-0.15, -0.1) is 0 Å². The molecule has 6 nitrogen and oxygen atoms in total. The Morgan fingerprint density at radius 1 is 1.20 bits per heavy atom. The van der Waals surface area contributed by atoms with Gasteiger partial charge >= 0.3 is 0 Å². The fourth-order valence-corrected chi connectivity index (χ4v) is 1.77. The van der Waals surface area contributed by atoms with Crippen LogP contribution in [-0.4, -0.2) is 35.1 Å². The minimum Gasteiger partial charge on any atom is -0.355 e. The van der Waals surface area contributed by atoms with E-state index in [2.05, 4.69) is 20.8 Å². The Balaban J connectivity index is 1.96. The predicted octanol–water partition coefficient (Wildman–Crippen LogP) is 0.943. The number of H-pyrrole nitrogens is 1. The zero-order chi connectivity index (χ0) is 14.4.